The first-order chi connectivity index (χ1) is 9.68. The number of hydrogen-bond acceptors (Lipinski definition) is 2. The van der Waals surface area contributed by atoms with Gasteiger partial charge in [-0.25, -0.2) is 4.98 Å². The van der Waals surface area contributed by atoms with Gasteiger partial charge in [-0.05, 0) is 25.3 Å². The van der Waals surface area contributed by atoms with E-state index in [-0.39, 0.29) is 0 Å². The molecule has 0 aliphatic rings. The maximum atomic E-state index is 11.4. The van der Waals surface area contributed by atoms with Crippen LogP contribution in [0.4, 0.5) is 0 Å². The van der Waals surface area contributed by atoms with Crippen LogP contribution in [0.5, 0.6) is 0 Å². The van der Waals surface area contributed by atoms with Gasteiger partial charge in [-0.3, -0.25) is 4.79 Å². The summed E-state index contributed by atoms with van der Waals surface area (Å²) >= 11 is 0. The lowest BCUT2D eigenvalue weighted by molar-refractivity contribution is -0.139. The molecule has 1 heterocycles. The third-order valence-corrected chi connectivity index (χ3v) is 3.57. The van der Waals surface area contributed by atoms with Crippen LogP contribution in [0.1, 0.15) is 36.6 Å². The second-order valence-corrected chi connectivity index (χ2v) is 4.97. The lowest BCUT2D eigenvalue weighted by atomic mass is 9.94. The van der Waals surface area contributed by atoms with Crippen molar-refractivity contribution in [2.75, 3.05) is 0 Å². The molecule has 2 rings (SSSR count). The van der Waals surface area contributed by atoms with Gasteiger partial charge in [0.2, 0.25) is 0 Å². The van der Waals surface area contributed by atoms with Crippen LogP contribution < -0.4 is 0 Å². The highest BCUT2D eigenvalue weighted by Crippen LogP contribution is 2.22. The number of benzene rings is 1. The van der Waals surface area contributed by atoms with E-state index < -0.39 is 11.9 Å². The number of rotatable bonds is 7. The van der Waals surface area contributed by atoms with E-state index in [0.29, 0.717) is 6.42 Å². The average molecular weight is 272 g/mol. The Morgan fingerprint density at radius 3 is 2.65 bits per heavy atom. The molecule has 4 heteroatoms. The highest BCUT2D eigenvalue weighted by atomic mass is 16.4. The van der Waals surface area contributed by atoms with Gasteiger partial charge in [-0.15, -0.1) is 0 Å². The van der Waals surface area contributed by atoms with Crippen molar-refractivity contribution in [3.63, 3.8) is 0 Å². The summed E-state index contributed by atoms with van der Waals surface area (Å²) in [5.41, 5.74) is 0.888. The molecule has 0 bridgehead atoms. The molecule has 1 aromatic carbocycles. The molecule has 0 aliphatic carbocycles. The van der Waals surface area contributed by atoms with Gasteiger partial charge in [0, 0.05) is 18.9 Å². The van der Waals surface area contributed by atoms with Crippen molar-refractivity contribution < 1.29 is 9.90 Å². The van der Waals surface area contributed by atoms with E-state index in [9.17, 15) is 9.90 Å². The molecule has 106 valence electrons. The average Bonchev–Trinajstić information content (AvgIpc) is 2.85. The summed E-state index contributed by atoms with van der Waals surface area (Å²) in [6, 6.07) is 9.46. The Morgan fingerprint density at radius 2 is 2.05 bits per heavy atom. The summed E-state index contributed by atoms with van der Waals surface area (Å²) in [4.78, 5) is 15.5. The molecule has 0 spiro atoms. The third-order valence-electron chi connectivity index (χ3n) is 3.57. The van der Waals surface area contributed by atoms with Gasteiger partial charge in [-0.2, -0.15) is 0 Å². The summed E-state index contributed by atoms with van der Waals surface area (Å²) in [5, 5.41) is 9.34. The summed E-state index contributed by atoms with van der Waals surface area (Å²) in [7, 11) is 0. The van der Waals surface area contributed by atoms with E-state index in [4.69, 9.17) is 0 Å². The van der Waals surface area contributed by atoms with Crippen LogP contribution in [-0.2, 0) is 11.3 Å². The molecule has 1 N–H and O–H groups in total. The Bertz CT molecular complexity index is 549. The van der Waals surface area contributed by atoms with Crippen molar-refractivity contribution in [1.29, 1.82) is 0 Å². The first kappa shape index (κ1) is 14.3. The lowest BCUT2D eigenvalue weighted by Gasteiger charge is -2.12. The number of aryl methyl sites for hydroxylation is 2. The number of carboxylic acid groups (broad SMARTS) is 1. The van der Waals surface area contributed by atoms with Crippen LogP contribution in [0.15, 0.2) is 42.7 Å². The summed E-state index contributed by atoms with van der Waals surface area (Å²) in [6.07, 6.45) is 6.28. The first-order valence-electron chi connectivity index (χ1n) is 6.94. The smallest absolute Gasteiger partial charge is 0.310 e. The van der Waals surface area contributed by atoms with Gasteiger partial charge in [0.15, 0.2) is 0 Å². The van der Waals surface area contributed by atoms with E-state index in [2.05, 4.69) is 9.55 Å². The second-order valence-electron chi connectivity index (χ2n) is 4.97. The van der Waals surface area contributed by atoms with Crippen LogP contribution in [0.2, 0.25) is 0 Å². The zero-order valence-corrected chi connectivity index (χ0v) is 11.7. The largest absolute Gasteiger partial charge is 0.481 e. The van der Waals surface area contributed by atoms with E-state index in [1.54, 1.807) is 6.20 Å². The molecule has 0 amide bonds. The summed E-state index contributed by atoms with van der Waals surface area (Å²) in [6.45, 7) is 2.87. The fraction of sp³-hybridized carbons (Fsp3) is 0.375. The van der Waals surface area contributed by atoms with Crippen LogP contribution in [0, 0.1) is 6.92 Å². The molecule has 0 aliphatic heterocycles. The molecule has 1 unspecified atom stereocenters. The van der Waals surface area contributed by atoms with E-state index in [1.165, 1.54) is 0 Å². The molecule has 0 radical (unpaired) electrons. The van der Waals surface area contributed by atoms with Crippen molar-refractivity contribution in [3.8, 4) is 0 Å². The lowest BCUT2D eigenvalue weighted by Crippen LogP contribution is -2.12. The second kappa shape index (κ2) is 6.89. The zero-order valence-electron chi connectivity index (χ0n) is 11.7. The predicted molar refractivity (Wildman–Crippen MR) is 77.6 cm³/mol. The van der Waals surface area contributed by atoms with Gasteiger partial charge in [-0.1, -0.05) is 36.8 Å². The number of unbranched alkanes of at least 4 members (excludes halogenated alkanes) is 1. The number of carbonyl (C=O) groups is 1. The monoisotopic (exact) mass is 272 g/mol. The summed E-state index contributed by atoms with van der Waals surface area (Å²) in [5.74, 6) is -0.141. The standard InChI is InChI=1S/C16H20N2O2/c1-13-17-10-12-18(13)11-6-5-9-15(16(19)20)14-7-3-2-4-8-14/h2-4,7-8,10,12,15H,5-6,9,11H2,1H3,(H,19,20). The fourth-order valence-corrected chi connectivity index (χ4v) is 2.39. The fourth-order valence-electron chi connectivity index (χ4n) is 2.39. The van der Waals surface area contributed by atoms with Crippen LogP contribution in [0.25, 0.3) is 0 Å². The number of aliphatic carboxylic acids is 1. The Labute approximate surface area is 119 Å². The van der Waals surface area contributed by atoms with Gasteiger partial charge in [0.1, 0.15) is 5.82 Å². The molecule has 1 aromatic heterocycles. The molecular weight excluding hydrogens is 252 g/mol. The van der Waals surface area contributed by atoms with Crippen molar-refractivity contribution >= 4 is 5.97 Å². The maximum absolute atomic E-state index is 11.4. The Morgan fingerprint density at radius 1 is 1.30 bits per heavy atom. The predicted octanol–water partition coefficient (Wildman–Crippen LogP) is 3.23. The highest BCUT2D eigenvalue weighted by Gasteiger charge is 2.18. The molecular formula is C16H20N2O2. The van der Waals surface area contributed by atoms with E-state index in [0.717, 1.165) is 30.8 Å². The molecule has 4 nitrogen and oxygen atoms in total. The topological polar surface area (TPSA) is 55.1 Å². The van der Waals surface area contributed by atoms with Crippen LogP contribution >= 0.6 is 0 Å². The maximum Gasteiger partial charge on any atom is 0.310 e. The number of carboxylic acids is 1. The number of aromatic nitrogens is 2. The quantitative estimate of drug-likeness (QED) is 0.787. The normalized spacial score (nSPS) is 12.2. The SMILES string of the molecule is Cc1nccn1CCCCC(C(=O)O)c1ccccc1. The van der Waals surface area contributed by atoms with E-state index in [1.807, 2.05) is 43.5 Å². The van der Waals surface area contributed by atoms with Gasteiger partial charge in [0.25, 0.3) is 0 Å². The third kappa shape index (κ3) is 3.70. The number of hydrogen-bond donors (Lipinski definition) is 1. The van der Waals surface area contributed by atoms with Crippen molar-refractivity contribution in [2.24, 2.45) is 0 Å². The Kier molecular flexibility index (Phi) is 4.93. The summed E-state index contributed by atoms with van der Waals surface area (Å²) < 4.78 is 2.10. The molecule has 20 heavy (non-hydrogen) atoms. The zero-order chi connectivity index (χ0) is 14.4. The number of imidazole rings is 1. The molecule has 0 fully saturated rings. The minimum Gasteiger partial charge on any atom is -0.481 e. The van der Waals surface area contributed by atoms with Crippen LogP contribution in [0.3, 0.4) is 0 Å². The molecule has 2 aromatic rings. The van der Waals surface area contributed by atoms with E-state index >= 15 is 0 Å². The highest BCUT2D eigenvalue weighted by molar-refractivity contribution is 5.75. The van der Waals surface area contributed by atoms with Crippen molar-refractivity contribution in [3.05, 3.63) is 54.1 Å². The van der Waals surface area contributed by atoms with Crippen molar-refractivity contribution in [1.82, 2.24) is 9.55 Å². The molecule has 0 saturated heterocycles. The number of nitrogens with zero attached hydrogens (tertiary/aromatic N) is 2. The Hall–Kier alpha value is -2.10. The first-order valence-corrected chi connectivity index (χ1v) is 6.94. The minimum absolute atomic E-state index is 0.403. The van der Waals surface area contributed by atoms with Crippen molar-refractivity contribution in [2.45, 2.75) is 38.6 Å². The minimum atomic E-state index is -0.741. The van der Waals surface area contributed by atoms with Gasteiger partial charge in [0.05, 0.1) is 5.92 Å². The van der Waals surface area contributed by atoms with Gasteiger partial charge < -0.3 is 9.67 Å². The molecule has 1 atom stereocenters. The van der Waals surface area contributed by atoms with Crippen LogP contribution in [-0.4, -0.2) is 20.6 Å². The van der Waals surface area contributed by atoms with Gasteiger partial charge >= 0.3 is 5.97 Å². The Balaban J connectivity index is 1.85. The molecule has 0 saturated carbocycles.